The maximum Gasteiger partial charge on any atom is 0.433 e. The van der Waals surface area contributed by atoms with E-state index < -0.39 is 23.9 Å². The van der Waals surface area contributed by atoms with Gasteiger partial charge in [0.1, 0.15) is 5.69 Å². The molecule has 1 nitrogen and oxygen atoms in total. The van der Waals surface area contributed by atoms with Gasteiger partial charge in [-0.15, -0.1) is 0 Å². The van der Waals surface area contributed by atoms with E-state index in [2.05, 4.69) is 4.98 Å². The summed E-state index contributed by atoms with van der Waals surface area (Å²) >= 11 is 0. The van der Waals surface area contributed by atoms with Crippen molar-refractivity contribution in [2.45, 2.75) is 12.6 Å². The molecule has 0 aliphatic carbocycles. The minimum absolute atomic E-state index is 0.520. The van der Waals surface area contributed by atoms with Crippen molar-refractivity contribution in [3.05, 3.63) is 29.6 Å². The van der Waals surface area contributed by atoms with Gasteiger partial charge in [-0.2, -0.15) is 13.2 Å². The molecule has 0 saturated carbocycles. The molecule has 0 spiro atoms. The highest BCUT2D eigenvalue weighted by molar-refractivity contribution is 5.16. The summed E-state index contributed by atoms with van der Waals surface area (Å²) in [4.78, 5) is 2.87. The molecule has 0 amide bonds. The highest BCUT2D eigenvalue weighted by atomic mass is 19.4. The van der Waals surface area contributed by atoms with Crippen LogP contribution in [0.1, 0.15) is 17.7 Å². The summed E-state index contributed by atoms with van der Waals surface area (Å²) in [5, 5.41) is 0. The molecular weight excluding hydrogens is 193 g/mol. The topological polar surface area (TPSA) is 12.9 Å². The smallest absolute Gasteiger partial charge is 0.251 e. The van der Waals surface area contributed by atoms with Gasteiger partial charge < -0.3 is 0 Å². The zero-order valence-corrected chi connectivity index (χ0v) is 6.15. The Kier molecular flexibility index (Phi) is 2.49. The normalized spacial score (nSPS) is 12.2. The first kappa shape index (κ1) is 9.88. The molecule has 0 bridgehead atoms. The predicted molar refractivity (Wildman–Crippen MR) is 34.2 cm³/mol. The second kappa shape index (κ2) is 3.27. The van der Waals surface area contributed by atoms with Crippen LogP contribution in [-0.2, 0) is 6.18 Å². The van der Waals surface area contributed by atoms with Gasteiger partial charge in [-0.1, -0.05) is 0 Å². The highest BCUT2D eigenvalue weighted by Crippen LogP contribution is 2.28. The van der Waals surface area contributed by atoms with E-state index in [-0.39, 0.29) is 0 Å². The summed E-state index contributed by atoms with van der Waals surface area (Å²) < 4.78 is 59.4. The Balaban J connectivity index is 2.94. The summed E-state index contributed by atoms with van der Waals surface area (Å²) in [5.74, 6) is 0. The molecule has 0 fully saturated rings. The van der Waals surface area contributed by atoms with Gasteiger partial charge in [-0.3, -0.25) is 4.98 Å². The van der Waals surface area contributed by atoms with Crippen molar-refractivity contribution in [3.8, 4) is 0 Å². The molecule has 1 rings (SSSR count). The zero-order valence-electron chi connectivity index (χ0n) is 6.15. The minimum Gasteiger partial charge on any atom is -0.251 e. The maximum atomic E-state index is 11.9. The zero-order chi connectivity index (χ0) is 10.1. The Morgan fingerprint density at radius 3 is 2.08 bits per heavy atom. The molecule has 0 unspecified atom stereocenters. The largest absolute Gasteiger partial charge is 0.433 e. The maximum absolute atomic E-state index is 11.9. The number of aromatic nitrogens is 1. The third kappa shape index (κ3) is 2.37. The fraction of sp³-hybridized carbons (Fsp3) is 0.286. The molecule has 1 aromatic heterocycles. The van der Waals surface area contributed by atoms with Crippen LogP contribution in [0.5, 0.6) is 0 Å². The fourth-order valence-corrected chi connectivity index (χ4v) is 0.702. The van der Waals surface area contributed by atoms with Crippen molar-refractivity contribution < 1.29 is 22.0 Å². The number of hydrogen-bond acceptors (Lipinski definition) is 1. The van der Waals surface area contributed by atoms with E-state index in [0.717, 1.165) is 0 Å². The summed E-state index contributed by atoms with van der Waals surface area (Å²) in [7, 11) is 0. The third-order valence-corrected chi connectivity index (χ3v) is 1.33. The molecular formula is C7H4F5N. The number of halogens is 5. The van der Waals surface area contributed by atoms with Gasteiger partial charge in [0.05, 0.1) is 0 Å². The summed E-state index contributed by atoms with van der Waals surface area (Å²) in [5.41, 5.74) is -1.69. The molecule has 0 aliphatic heterocycles. The average molecular weight is 197 g/mol. The summed E-state index contributed by atoms with van der Waals surface area (Å²) in [6.07, 6.45) is -6.86. The van der Waals surface area contributed by atoms with Crippen LogP contribution in [0.25, 0.3) is 0 Å². The monoisotopic (exact) mass is 197 g/mol. The Morgan fingerprint density at radius 1 is 1.15 bits per heavy atom. The Labute approximate surface area is 70.2 Å². The average Bonchev–Trinajstić information content (AvgIpc) is 2.03. The number of nitrogens with zero attached hydrogens (tertiary/aromatic N) is 1. The van der Waals surface area contributed by atoms with Crippen LogP contribution < -0.4 is 0 Å². The molecule has 0 radical (unpaired) electrons. The molecule has 1 aromatic rings. The lowest BCUT2D eigenvalue weighted by Gasteiger charge is -2.05. The first-order valence-corrected chi connectivity index (χ1v) is 3.22. The van der Waals surface area contributed by atoms with Crippen LogP contribution in [0.4, 0.5) is 22.0 Å². The van der Waals surface area contributed by atoms with Crippen LogP contribution in [-0.4, -0.2) is 4.98 Å². The number of hydrogen-bond donors (Lipinski definition) is 0. The summed E-state index contributed by atoms with van der Waals surface area (Å²) in [6, 6.07) is 1.24. The van der Waals surface area contributed by atoms with Gasteiger partial charge in [0.15, 0.2) is 0 Å². The molecule has 0 N–H and O–H groups in total. The van der Waals surface area contributed by atoms with E-state index >= 15 is 0 Å². The molecule has 0 saturated heterocycles. The lowest BCUT2D eigenvalue weighted by Crippen LogP contribution is -2.07. The van der Waals surface area contributed by atoms with Crippen LogP contribution in [0, 0.1) is 0 Å². The van der Waals surface area contributed by atoms with Crippen molar-refractivity contribution in [1.29, 1.82) is 0 Å². The quantitative estimate of drug-likeness (QED) is 0.630. The van der Waals surface area contributed by atoms with E-state index in [4.69, 9.17) is 0 Å². The number of rotatable bonds is 1. The second-order valence-corrected chi connectivity index (χ2v) is 2.28. The molecule has 0 aliphatic rings. The fourth-order valence-electron chi connectivity index (χ4n) is 0.702. The molecule has 72 valence electrons. The second-order valence-electron chi connectivity index (χ2n) is 2.28. The first-order valence-electron chi connectivity index (χ1n) is 3.22. The standard InChI is InChI=1S/C7H4F5N/c8-6(9)4-1-2-5(13-3-4)7(10,11)12/h1-3,6H. The summed E-state index contributed by atoms with van der Waals surface area (Å²) in [6.45, 7) is 0. The van der Waals surface area contributed by atoms with Crippen LogP contribution in [0.15, 0.2) is 18.3 Å². The van der Waals surface area contributed by atoms with Crippen molar-refractivity contribution >= 4 is 0 Å². The van der Waals surface area contributed by atoms with E-state index in [1.54, 1.807) is 0 Å². The SMILES string of the molecule is FC(F)c1ccc(C(F)(F)F)nc1. The minimum atomic E-state index is -4.58. The number of pyridine rings is 1. The van der Waals surface area contributed by atoms with Gasteiger partial charge in [0.25, 0.3) is 6.43 Å². The number of alkyl halides is 5. The molecule has 1 heterocycles. The Bertz CT molecular complexity index is 276. The van der Waals surface area contributed by atoms with Gasteiger partial charge in [0, 0.05) is 11.8 Å². The van der Waals surface area contributed by atoms with Gasteiger partial charge in [-0.05, 0) is 12.1 Å². The van der Waals surface area contributed by atoms with Crippen LogP contribution in [0.3, 0.4) is 0 Å². The van der Waals surface area contributed by atoms with Gasteiger partial charge in [-0.25, -0.2) is 8.78 Å². The van der Waals surface area contributed by atoms with E-state index in [9.17, 15) is 22.0 Å². The molecule has 0 aromatic carbocycles. The lowest BCUT2D eigenvalue weighted by molar-refractivity contribution is -0.141. The third-order valence-electron chi connectivity index (χ3n) is 1.33. The Morgan fingerprint density at radius 2 is 1.77 bits per heavy atom. The van der Waals surface area contributed by atoms with Crippen molar-refractivity contribution in [1.82, 2.24) is 4.98 Å². The van der Waals surface area contributed by atoms with Gasteiger partial charge >= 0.3 is 6.18 Å². The highest BCUT2D eigenvalue weighted by Gasteiger charge is 2.32. The van der Waals surface area contributed by atoms with Gasteiger partial charge in [0.2, 0.25) is 0 Å². The molecule has 6 heteroatoms. The van der Waals surface area contributed by atoms with Crippen LogP contribution in [0.2, 0.25) is 0 Å². The van der Waals surface area contributed by atoms with E-state index in [1.165, 1.54) is 0 Å². The molecule has 13 heavy (non-hydrogen) atoms. The van der Waals surface area contributed by atoms with E-state index in [0.29, 0.717) is 18.3 Å². The van der Waals surface area contributed by atoms with Crippen molar-refractivity contribution in [3.63, 3.8) is 0 Å². The van der Waals surface area contributed by atoms with Crippen molar-refractivity contribution in [2.75, 3.05) is 0 Å². The predicted octanol–water partition coefficient (Wildman–Crippen LogP) is 3.04. The Hall–Kier alpha value is -1.20. The lowest BCUT2D eigenvalue weighted by atomic mass is 10.2. The van der Waals surface area contributed by atoms with Crippen LogP contribution >= 0.6 is 0 Å². The van der Waals surface area contributed by atoms with E-state index in [1.807, 2.05) is 0 Å². The first-order chi connectivity index (χ1) is 5.91. The van der Waals surface area contributed by atoms with Crippen molar-refractivity contribution in [2.24, 2.45) is 0 Å². The molecule has 0 atom stereocenters.